The molecule has 3 heteroatoms. The fourth-order valence-corrected chi connectivity index (χ4v) is 3.55. The third kappa shape index (κ3) is 1.71. The molecule has 15 heavy (non-hydrogen) atoms. The summed E-state index contributed by atoms with van der Waals surface area (Å²) in [6.07, 6.45) is 6.32. The summed E-state index contributed by atoms with van der Waals surface area (Å²) in [6.45, 7) is 5.85. The number of fused-ring (bicyclic) bond motifs is 2. The van der Waals surface area contributed by atoms with E-state index in [1.807, 2.05) is 0 Å². The van der Waals surface area contributed by atoms with Crippen molar-refractivity contribution in [2.75, 3.05) is 19.6 Å². The van der Waals surface area contributed by atoms with Gasteiger partial charge in [-0.15, -0.1) is 0 Å². The molecule has 0 saturated carbocycles. The molecule has 2 bridgehead atoms. The van der Waals surface area contributed by atoms with E-state index in [0.717, 1.165) is 18.6 Å². The normalized spacial score (nSPS) is 46.2. The molecule has 0 aliphatic carbocycles. The first-order valence-electron chi connectivity index (χ1n) is 6.50. The minimum Gasteiger partial charge on any atom is -0.373 e. The van der Waals surface area contributed by atoms with Crippen LogP contribution in [-0.4, -0.2) is 48.8 Å². The maximum Gasteiger partial charge on any atom is 0.0736 e. The van der Waals surface area contributed by atoms with E-state index >= 15 is 0 Å². The van der Waals surface area contributed by atoms with Gasteiger partial charge in [0.15, 0.2) is 0 Å². The second-order valence-electron chi connectivity index (χ2n) is 5.18. The fraction of sp³-hybridized carbons (Fsp3) is 1.00. The molecular weight excluding hydrogens is 188 g/mol. The maximum atomic E-state index is 5.97. The quantitative estimate of drug-likeness (QED) is 0.735. The molecule has 0 radical (unpaired) electrons. The van der Waals surface area contributed by atoms with Crippen LogP contribution in [0.1, 0.15) is 32.6 Å². The predicted octanol–water partition coefficient (Wildman–Crippen LogP) is 0.990. The van der Waals surface area contributed by atoms with Crippen molar-refractivity contribution >= 4 is 0 Å². The molecule has 3 aliphatic rings. The van der Waals surface area contributed by atoms with E-state index in [1.54, 1.807) is 0 Å². The van der Waals surface area contributed by atoms with Gasteiger partial charge in [0.2, 0.25) is 0 Å². The Hall–Kier alpha value is -0.120. The van der Waals surface area contributed by atoms with E-state index in [1.165, 1.54) is 38.8 Å². The molecule has 3 aliphatic heterocycles. The summed E-state index contributed by atoms with van der Waals surface area (Å²) in [6, 6.07) is 1.47. The first-order chi connectivity index (χ1) is 7.38. The van der Waals surface area contributed by atoms with Crippen LogP contribution in [0.4, 0.5) is 0 Å². The van der Waals surface area contributed by atoms with Crippen LogP contribution in [0.5, 0.6) is 0 Å². The molecule has 0 aromatic heterocycles. The second-order valence-corrected chi connectivity index (χ2v) is 5.18. The molecule has 86 valence electrons. The SMILES string of the molecule is CCC1CNCCN1C1CC2CCC1O2. The standard InChI is InChI=1S/C12H22N2O/c1-2-9-8-13-5-6-14(9)11-7-10-3-4-12(11)15-10/h9-13H,2-8H2,1H3. The lowest BCUT2D eigenvalue weighted by Crippen LogP contribution is -2.57. The van der Waals surface area contributed by atoms with Crippen LogP contribution in [0, 0.1) is 0 Å². The van der Waals surface area contributed by atoms with Crippen molar-refractivity contribution in [1.82, 2.24) is 10.2 Å². The van der Waals surface area contributed by atoms with E-state index in [-0.39, 0.29) is 0 Å². The summed E-state index contributed by atoms with van der Waals surface area (Å²) in [5, 5.41) is 3.50. The molecule has 3 saturated heterocycles. The number of hydrogen-bond donors (Lipinski definition) is 1. The number of rotatable bonds is 2. The molecule has 4 atom stereocenters. The van der Waals surface area contributed by atoms with Crippen LogP contribution < -0.4 is 5.32 Å². The van der Waals surface area contributed by atoms with Gasteiger partial charge in [0.25, 0.3) is 0 Å². The van der Waals surface area contributed by atoms with Gasteiger partial charge in [0.1, 0.15) is 0 Å². The Labute approximate surface area is 92.2 Å². The van der Waals surface area contributed by atoms with Crippen molar-refractivity contribution in [2.24, 2.45) is 0 Å². The van der Waals surface area contributed by atoms with Crippen LogP contribution in [-0.2, 0) is 4.74 Å². The minimum atomic E-state index is 0.558. The molecular formula is C12H22N2O. The second kappa shape index (κ2) is 4.04. The monoisotopic (exact) mass is 210 g/mol. The van der Waals surface area contributed by atoms with Crippen molar-refractivity contribution in [1.29, 1.82) is 0 Å². The number of ether oxygens (including phenoxy) is 1. The van der Waals surface area contributed by atoms with E-state index in [9.17, 15) is 0 Å². The highest BCUT2D eigenvalue weighted by atomic mass is 16.5. The van der Waals surface area contributed by atoms with Crippen molar-refractivity contribution < 1.29 is 4.74 Å². The van der Waals surface area contributed by atoms with Gasteiger partial charge in [0, 0.05) is 31.7 Å². The molecule has 0 aromatic carbocycles. The van der Waals surface area contributed by atoms with Gasteiger partial charge in [-0.2, -0.15) is 0 Å². The molecule has 4 unspecified atom stereocenters. The van der Waals surface area contributed by atoms with Crippen LogP contribution in [0.2, 0.25) is 0 Å². The molecule has 3 heterocycles. The lowest BCUT2D eigenvalue weighted by Gasteiger charge is -2.42. The van der Waals surface area contributed by atoms with Crippen molar-refractivity contribution in [3.63, 3.8) is 0 Å². The molecule has 1 N–H and O–H groups in total. The third-order valence-corrected chi connectivity index (χ3v) is 4.37. The average Bonchev–Trinajstić information content (AvgIpc) is 2.90. The minimum absolute atomic E-state index is 0.558. The fourth-order valence-electron chi connectivity index (χ4n) is 3.55. The van der Waals surface area contributed by atoms with Gasteiger partial charge in [-0.1, -0.05) is 6.92 Å². The van der Waals surface area contributed by atoms with Gasteiger partial charge in [-0.25, -0.2) is 0 Å². The highest BCUT2D eigenvalue weighted by Gasteiger charge is 2.45. The van der Waals surface area contributed by atoms with Gasteiger partial charge in [-0.05, 0) is 25.7 Å². The molecule has 3 fully saturated rings. The summed E-state index contributed by atoms with van der Waals surface area (Å²) >= 11 is 0. The Kier molecular flexibility index (Phi) is 2.71. The average molecular weight is 210 g/mol. The largest absolute Gasteiger partial charge is 0.373 e. The molecule has 3 nitrogen and oxygen atoms in total. The van der Waals surface area contributed by atoms with E-state index in [4.69, 9.17) is 4.74 Å². The Morgan fingerprint density at radius 3 is 3.00 bits per heavy atom. The number of piperazine rings is 1. The van der Waals surface area contributed by atoms with Crippen LogP contribution in [0.15, 0.2) is 0 Å². The first kappa shape index (κ1) is 10.1. The number of nitrogens with zero attached hydrogens (tertiary/aromatic N) is 1. The summed E-state index contributed by atoms with van der Waals surface area (Å²) in [7, 11) is 0. The van der Waals surface area contributed by atoms with E-state index in [0.29, 0.717) is 12.2 Å². The van der Waals surface area contributed by atoms with Gasteiger partial charge in [0.05, 0.1) is 12.2 Å². The van der Waals surface area contributed by atoms with Gasteiger partial charge >= 0.3 is 0 Å². The summed E-state index contributed by atoms with van der Waals surface area (Å²) in [5.41, 5.74) is 0. The predicted molar refractivity (Wildman–Crippen MR) is 60.0 cm³/mol. The number of nitrogens with one attached hydrogen (secondary N) is 1. The molecule has 0 aromatic rings. The molecule has 3 rings (SSSR count). The Balaban J connectivity index is 1.69. The van der Waals surface area contributed by atoms with Gasteiger partial charge in [-0.3, -0.25) is 4.90 Å². The zero-order valence-corrected chi connectivity index (χ0v) is 9.61. The van der Waals surface area contributed by atoms with Crippen molar-refractivity contribution in [2.45, 2.75) is 56.9 Å². The van der Waals surface area contributed by atoms with Crippen molar-refractivity contribution in [3.8, 4) is 0 Å². The van der Waals surface area contributed by atoms with Crippen molar-refractivity contribution in [3.05, 3.63) is 0 Å². The van der Waals surface area contributed by atoms with Crippen LogP contribution >= 0.6 is 0 Å². The smallest absolute Gasteiger partial charge is 0.0736 e. The van der Waals surface area contributed by atoms with Crippen LogP contribution in [0.25, 0.3) is 0 Å². The maximum absolute atomic E-state index is 5.97. The lowest BCUT2D eigenvalue weighted by molar-refractivity contribution is 0.0410. The number of hydrogen-bond acceptors (Lipinski definition) is 3. The third-order valence-electron chi connectivity index (χ3n) is 4.37. The molecule has 0 amide bonds. The Morgan fingerprint density at radius 1 is 1.40 bits per heavy atom. The zero-order valence-electron chi connectivity index (χ0n) is 9.61. The highest BCUT2D eigenvalue weighted by Crippen LogP contribution is 2.38. The molecule has 0 spiro atoms. The Morgan fingerprint density at radius 2 is 2.33 bits per heavy atom. The first-order valence-corrected chi connectivity index (χ1v) is 6.50. The lowest BCUT2D eigenvalue weighted by atomic mass is 9.92. The summed E-state index contributed by atoms with van der Waals surface area (Å²) < 4.78 is 5.97. The zero-order chi connectivity index (χ0) is 10.3. The van der Waals surface area contributed by atoms with Gasteiger partial charge < -0.3 is 10.1 Å². The summed E-state index contributed by atoms with van der Waals surface area (Å²) in [4.78, 5) is 2.72. The van der Waals surface area contributed by atoms with Crippen LogP contribution in [0.3, 0.4) is 0 Å². The van der Waals surface area contributed by atoms with E-state index in [2.05, 4.69) is 17.1 Å². The van der Waals surface area contributed by atoms with E-state index < -0.39 is 0 Å². The topological polar surface area (TPSA) is 24.5 Å². The highest BCUT2D eigenvalue weighted by molar-refractivity contribution is 4.98. The Bertz CT molecular complexity index is 234. The summed E-state index contributed by atoms with van der Waals surface area (Å²) in [5.74, 6) is 0.